The lowest BCUT2D eigenvalue weighted by Crippen LogP contribution is -2.26. The molecule has 1 aromatic carbocycles. The van der Waals surface area contributed by atoms with Crippen LogP contribution in [-0.2, 0) is 12.8 Å². The van der Waals surface area contributed by atoms with Crippen molar-refractivity contribution < 1.29 is 9.21 Å². The number of nitrogens with two attached hydrogens (primary N) is 1. The summed E-state index contributed by atoms with van der Waals surface area (Å²) in [6, 6.07) is 8.00. The maximum Gasteiger partial charge on any atom is 0.273 e. The van der Waals surface area contributed by atoms with Gasteiger partial charge in [-0.25, -0.2) is 4.98 Å². The van der Waals surface area contributed by atoms with Crippen molar-refractivity contribution in [3.8, 4) is 0 Å². The molecular weight excluding hydrogens is 322 g/mol. The molecular formula is C14H16BrN3O2. The van der Waals surface area contributed by atoms with Gasteiger partial charge in [0.2, 0.25) is 0 Å². The predicted molar refractivity (Wildman–Crippen MR) is 79.4 cm³/mol. The summed E-state index contributed by atoms with van der Waals surface area (Å²) in [5.41, 5.74) is 6.86. The van der Waals surface area contributed by atoms with Gasteiger partial charge in [-0.1, -0.05) is 28.1 Å². The molecule has 5 nitrogen and oxygen atoms in total. The lowest BCUT2D eigenvalue weighted by Gasteiger charge is -2.03. The van der Waals surface area contributed by atoms with Crippen LogP contribution in [0.3, 0.4) is 0 Å². The minimum atomic E-state index is -0.228. The molecule has 0 radical (unpaired) electrons. The molecule has 0 saturated carbocycles. The van der Waals surface area contributed by atoms with Crippen molar-refractivity contribution in [3.63, 3.8) is 0 Å². The fourth-order valence-corrected chi connectivity index (χ4v) is 1.98. The standard InChI is InChI=1S/C14H16BrN3O2/c15-11-3-1-10(2-4-11)6-8-17-14(19)12-9-20-13(18-12)5-7-16/h1-4,9H,5-8,16H2,(H,17,19). The normalized spacial score (nSPS) is 10.5. The zero-order chi connectivity index (χ0) is 14.4. The van der Waals surface area contributed by atoms with E-state index in [2.05, 4.69) is 26.2 Å². The molecule has 0 saturated heterocycles. The van der Waals surface area contributed by atoms with E-state index in [1.54, 1.807) is 0 Å². The Labute approximate surface area is 125 Å². The van der Waals surface area contributed by atoms with Gasteiger partial charge in [0, 0.05) is 24.0 Å². The fraction of sp³-hybridized carbons (Fsp3) is 0.286. The van der Waals surface area contributed by atoms with Gasteiger partial charge in [-0.15, -0.1) is 0 Å². The van der Waals surface area contributed by atoms with Crippen LogP contribution < -0.4 is 11.1 Å². The minimum Gasteiger partial charge on any atom is -0.448 e. The first-order chi connectivity index (χ1) is 9.69. The van der Waals surface area contributed by atoms with Crippen LogP contribution in [-0.4, -0.2) is 24.0 Å². The van der Waals surface area contributed by atoms with Crippen molar-refractivity contribution in [2.75, 3.05) is 13.1 Å². The van der Waals surface area contributed by atoms with Crippen molar-refractivity contribution in [2.45, 2.75) is 12.8 Å². The van der Waals surface area contributed by atoms with Crippen molar-refractivity contribution >= 4 is 21.8 Å². The molecule has 1 amide bonds. The summed E-state index contributed by atoms with van der Waals surface area (Å²) in [6.07, 6.45) is 2.67. The molecule has 2 aromatic rings. The molecule has 106 valence electrons. The van der Waals surface area contributed by atoms with Gasteiger partial charge in [0.15, 0.2) is 11.6 Å². The van der Waals surface area contributed by atoms with Gasteiger partial charge in [-0.05, 0) is 24.1 Å². The molecule has 0 aliphatic rings. The molecule has 0 aliphatic heterocycles. The highest BCUT2D eigenvalue weighted by atomic mass is 79.9. The van der Waals surface area contributed by atoms with Gasteiger partial charge >= 0.3 is 0 Å². The molecule has 0 bridgehead atoms. The molecule has 20 heavy (non-hydrogen) atoms. The summed E-state index contributed by atoms with van der Waals surface area (Å²) < 4.78 is 6.19. The summed E-state index contributed by atoms with van der Waals surface area (Å²) in [4.78, 5) is 15.9. The third-order valence-corrected chi connectivity index (χ3v) is 3.28. The SMILES string of the molecule is NCCc1nc(C(=O)NCCc2ccc(Br)cc2)co1. The Morgan fingerprint density at radius 2 is 2.05 bits per heavy atom. The third kappa shape index (κ3) is 4.18. The number of carbonyl (C=O) groups excluding carboxylic acids is 1. The van der Waals surface area contributed by atoms with Crippen LogP contribution in [0.2, 0.25) is 0 Å². The van der Waals surface area contributed by atoms with Crippen LogP contribution in [0.5, 0.6) is 0 Å². The highest BCUT2D eigenvalue weighted by Crippen LogP contribution is 2.10. The van der Waals surface area contributed by atoms with E-state index in [0.29, 0.717) is 31.1 Å². The Hall–Kier alpha value is -1.66. The van der Waals surface area contributed by atoms with Crippen LogP contribution in [0.25, 0.3) is 0 Å². The van der Waals surface area contributed by atoms with Gasteiger partial charge in [-0.3, -0.25) is 4.79 Å². The smallest absolute Gasteiger partial charge is 0.273 e. The highest BCUT2D eigenvalue weighted by molar-refractivity contribution is 9.10. The summed E-state index contributed by atoms with van der Waals surface area (Å²) in [7, 11) is 0. The first kappa shape index (κ1) is 14.7. The van der Waals surface area contributed by atoms with Crippen molar-refractivity contribution in [2.24, 2.45) is 5.73 Å². The second-order valence-electron chi connectivity index (χ2n) is 4.30. The Bertz CT molecular complexity index is 566. The largest absolute Gasteiger partial charge is 0.448 e. The topological polar surface area (TPSA) is 81.1 Å². The molecule has 0 unspecified atom stereocenters. The zero-order valence-electron chi connectivity index (χ0n) is 10.9. The Morgan fingerprint density at radius 3 is 2.75 bits per heavy atom. The van der Waals surface area contributed by atoms with E-state index in [4.69, 9.17) is 10.2 Å². The van der Waals surface area contributed by atoms with Crippen LogP contribution in [0, 0.1) is 0 Å². The molecule has 0 aliphatic carbocycles. The second kappa shape index (κ2) is 7.21. The summed E-state index contributed by atoms with van der Waals surface area (Å²) in [5, 5.41) is 2.81. The molecule has 3 N–H and O–H groups in total. The maximum absolute atomic E-state index is 11.8. The third-order valence-electron chi connectivity index (χ3n) is 2.76. The van der Waals surface area contributed by atoms with E-state index in [1.807, 2.05) is 24.3 Å². The molecule has 1 aromatic heterocycles. The van der Waals surface area contributed by atoms with Gasteiger partial charge in [0.25, 0.3) is 5.91 Å². The molecule has 2 rings (SSSR count). The van der Waals surface area contributed by atoms with Gasteiger partial charge in [-0.2, -0.15) is 0 Å². The fourth-order valence-electron chi connectivity index (χ4n) is 1.72. The van der Waals surface area contributed by atoms with E-state index in [0.717, 1.165) is 16.5 Å². The number of halogens is 1. The summed E-state index contributed by atoms with van der Waals surface area (Å²) in [5.74, 6) is 0.264. The lowest BCUT2D eigenvalue weighted by molar-refractivity contribution is 0.0949. The van der Waals surface area contributed by atoms with E-state index in [1.165, 1.54) is 6.26 Å². The zero-order valence-corrected chi connectivity index (χ0v) is 12.5. The Morgan fingerprint density at radius 1 is 1.30 bits per heavy atom. The average Bonchev–Trinajstić information content (AvgIpc) is 2.90. The number of benzene rings is 1. The van der Waals surface area contributed by atoms with E-state index in [9.17, 15) is 4.79 Å². The van der Waals surface area contributed by atoms with Crippen LogP contribution in [0.1, 0.15) is 21.9 Å². The van der Waals surface area contributed by atoms with Crippen LogP contribution >= 0.6 is 15.9 Å². The van der Waals surface area contributed by atoms with Crippen molar-refractivity contribution in [3.05, 3.63) is 52.1 Å². The number of hydrogen-bond donors (Lipinski definition) is 2. The van der Waals surface area contributed by atoms with E-state index in [-0.39, 0.29) is 5.91 Å². The maximum atomic E-state index is 11.8. The molecule has 0 atom stereocenters. The van der Waals surface area contributed by atoms with Gasteiger partial charge in [0.05, 0.1) is 0 Å². The summed E-state index contributed by atoms with van der Waals surface area (Å²) in [6.45, 7) is 1.00. The van der Waals surface area contributed by atoms with Crippen LogP contribution in [0.4, 0.5) is 0 Å². The predicted octanol–water partition coefficient (Wildman–Crippen LogP) is 1.91. The Balaban J connectivity index is 1.81. The molecule has 0 fully saturated rings. The van der Waals surface area contributed by atoms with Crippen LogP contribution in [0.15, 0.2) is 39.4 Å². The van der Waals surface area contributed by atoms with E-state index >= 15 is 0 Å². The lowest BCUT2D eigenvalue weighted by atomic mass is 10.1. The van der Waals surface area contributed by atoms with Crippen molar-refractivity contribution in [1.29, 1.82) is 0 Å². The van der Waals surface area contributed by atoms with E-state index < -0.39 is 0 Å². The molecule has 6 heteroatoms. The monoisotopic (exact) mass is 337 g/mol. The number of nitrogens with zero attached hydrogens (tertiary/aromatic N) is 1. The van der Waals surface area contributed by atoms with Gasteiger partial charge in [0.1, 0.15) is 6.26 Å². The number of rotatable bonds is 6. The first-order valence-electron chi connectivity index (χ1n) is 6.36. The number of hydrogen-bond acceptors (Lipinski definition) is 4. The first-order valence-corrected chi connectivity index (χ1v) is 7.15. The number of amides is 1. The number of aromatic nitrogens is 1. The number of nitrogens with one attached hydrogen (secondary N) is 1. The number of carbonyl (C=O) groups is 1. The van der Waals surface area contributed by atoms with Crippen molar-refractivity contribution in [1.82, 2.24) is 10.3 Å². The quantitative estimate of drug-likeness (QED) is 0.843. The molecule has 1 heterocycles. The minimum absolute atomic E-state index is 0.228. The highest BCUT2D eigenvalue weighted by Gasteiger charge is 2.11. The molecule has 0 spiro atoms. The average molecular weight is 338 g/mol. The number of oxazole rings is 1. The second-order valence-corrected chi connectivity index (χ2v) is 5.21. The Kier molecular flexibility index (Phi) is 5.31. The van der Waals surface area contributed by atoms with Gasteiger partial charge < -0.3 is 15.5 Å². The summed E-state index contributed by atoms with van der Waals surface area (Å²) >= 11 is 3.39.